The molecule has 0 aliphatic rings. The van der Waals surface area contributed by atoms with Crippen molar-refractivity contribution in [2.24, 2.45) is 0 Å². The molecule has 1 N–H and O–H groups in total. The van der Waals surface area contributed by atoms with Gasteiger partial charge in [0.05, 0.1) is 0 Å². The molecule has 0 heterocycles. The van der Waals surface area contributed by atoms with E-state index < -0.39 is 25.0 Å². The van der Waals surface area contributed by atoms with E-state index in [1.165, 1.54) is 29.2 Å². The zero-order valence-corrected chi connectivity index (χ0v) is 11.0. The van der Waals surface area contributed by atoms with Crippen LogP contribution in [0.4, 0.5) is 8.78 Å². The van der Waals surface area contributed by atoms with Gasteiger partial charge < -0.3 is 14.7 Å². The molecule has 0 aliphatic carbocycles. The van der Waals surface area contributed by atoms with Crippen molar-refractivity contribution in [3.05, 3.63) is 29.8 Å². The van der Waals surface area contributed by atoms with Crippen LogP contribution in [-0.2, 0) is 4.79 Å². The number of carbonyl (C=O) groups excluding carboxylic acids is 1. The molecule has 20 heavy (non-hydrogen) atoms. The number of nitrogens with zero attached hydrogens (tertiary/aromatic N) is 1. The van der Waals surface area contributed by atoms with Crippen molar-refractivity contribution in [2.45, 2.75) is 26.5 Å². The number of alkyl halides is 2. The average Bonchev–Trinajstić information content (AvgIpc) is 2.35. The lowest BCUT2D eigenvalue weighted by Gasteiger charge is -2.25. The highest BCUT2D eigenvalue weighted by Gasteiger charge is 2.21. The largest absolute Gasteiger partial charge is 0.480 e. The van der Waals surface area contributed by atoms with Crippen LogP contribution in [0.15, 0.2) is 24.3 Å². The number of carbonyl (C=O) groups is 2. The molecule has 110 valence electrons. The molecule has 0 aliphatic heterocycles. The van der Waals surface area contributed by atoms with Gasteiger partial charge in [0.25, 0.3) is 5.91 Å². The first-order valence-electron chi connectivity index (χ1n) is 5.89. The Kier molecular flexibility index (Phi) is 5.42. The fraction of sp³-hybridized carbons (Fsp3) is 0.385. The number of carboxylic acids is 1. The highest BCUT2D eigenvalue weighted by Crippen LogP contribution is 2.16. The maximum atomic E-state index is 12.1. The Balaban J connectivity index is 2.86. The van der Waals surface area contributed by atoms with Crippen molar-refractivity contribution in [1.82, 2.24) is 4.90 Å². The molecule has 7 heteroatoms. The molecular weight excluding hydrogens is 272 g/mol. The molecular formula is C13H15F2NO4. The smallest absolute Gasteiger partial charge is 0.387 e. The number of halogens is 2. The summed E-state index contributed by atoms with van der Waals surface area (Å²) in [6, 6.07) is 4.81. The van der Waals surface area contributed by atoms with Crippen LogP contribution >= 0.6 is 0 Å². The number of amides is 1. The second kappa shape index (κ2) is 6.83. The third kappa shape index (κ3) is 4.49. The molecule has 0 saturated heterocycles. The monoisotopic (exact) mass is 287 g/mol. The number of hydrogen-bond donors (Lipinski definition) is 1. The lowest BCUT2D eigenvalue weighted by atomic mass is 10.1. The van der Waals surface area contributed by atoms with E-state index >= 15 is 0 Å². The van der Waals surface area contributed by atoms with Gasteiger partial charge >= 0.3 is 12.6 Å². The first-order chi connectivity index (χ1) is 9.31. The molecule has 0 bridgehead atoms. The molecule has 1 aromatic rings. The summed E-state index contributed by atoms with van der Waals surface area (Å²) < 4.78 is 28.2. The Hall–Kier alpha value is -2.18. The molecule has 0 radical (unpaired) electrons. The van der Waals surface area contributed by atoms with Crippen LogP contribution in [0.25, 0.3) is 0 Å². The van der Waals surface area contributed by atoms with Crippen LogP contribution in [0.2, 0.25) is 0 Å². The number of carboxylic acid groups (broad SMARTS) is 1. The van der Waals surface area contributed by atoms with Gasteiger partial charge in [0.2, 0.25) is 0 Å². The van der Waals surface area contributed by atoms with E-state index in [0.29, 0.717) is 0 Å². The third-order valence-electron chi connectivity index (χ3n) is 2.52. The zero-order chi connectivity index (χ0) is 15.3. The standard InChI is InChI=1S/C13H15F2NO4/c1-8(2)16(7-11(17)18)12(19)9-3-5-10(6-4-9)20-13(14)15/h3-6,8,13H,7H2,1-2H3,(H,17,18). The summed E-state index contributed by atoms with van der Waals surface area (Å²) >= 11 is 0. The second-order valence-electron chi connectivity index (χ2n) is 4.32. The summed E-state index contributed by atoms with van der Waals surface area (Å²) in [5.74, 6) is -1.67. The minimum absolute atomic E-state index is 0.0640. The fourth-order valence-electron chi connectivity index (χ4n) is 1.58. The minimum Gasteiger partial charge on any atom is -0.480 e. The van der Waals surface area contributed by atoms with Crippen molar-refractivity contribution in [3.63, 3.8) is 0 Å². The maximum absolute atomic E-state index is 12.1. The summed E-state index contributed by atoms with van der Waals surface area (Å²) in [4.78, 5) is 24.0. The molecule has 0 spiro atoms. The Bertz CT molecular complexity index is 474. The summed E-state index contributed by atoms with van der Waals surface area (Å²) in [5.41, 5.74) is 0.210. The SMILES string of the molecule is CC(C)N(CC(=O)O)C(=O)c1ccc(OC(F)F)cc1. The number of rotatable bonds is 6. The summed E-state index contributed by atoms with van der Waals surface area (Å²) in [6.07, 6.45) is 0. The minimum atomic E-state index is -2.93. The van der Waals surface area contributed by atoms with E-state index in [1.807, 2.05) is 0 Å². The van der Waals surface area contributed by atoms with Crippen molar-refractivity contribution < 1.29 is 28.2 Å². The molecule has 5 nitrogen and oxygen atoms in total. The van der Waals surface area contributed by atoms with Crippen LogP contribution < -0.4 is 4.74 Å². The van der Waals surface area contributed by atoms with E-state index in [4.69, 9.17) is 5.11 Å². The van der Waals surface area contributed by atoms with Crippen molar-refractivity contribution >= 4 is 11.9 Å². The lowest BCUT2D eigenvalue weighted by Crippen LogP contribution is -2.40. The van der Waals surface area contributed by atoms with E-state index in [2.05, 4.69) is 4.74 Å². The van der Waals surface area contributed by atoms with Gasteiger partial charge in [0.1, 0.15) is 12.3 Å². The fourth-order valence-corrected chi connectivity index (χ4v) is 1.58. The number of benzene rings is 1. The molecule has 0 aromatic heterocycles. The summed E-state index contributed by atoms with van der Waals surface area (Å²) in [6.45, 7) is 0.0199. The van der Waals surface area contributed by atoms with Gasteiger partial charge in [0.15, 0.2) is 0 Å². The quantitative estimate of drug-likeness (QED) is 0.871. The normalized spacial score (nSPS) is 10.7. The highest BCUT2D eigenvalue weighted by molar-refractivity contribution is 5.96. The van der Waals surface area contributed by atoms with Crippen molar-refractivity contribution in [2.75, 3.05) is 6.54 Å². The molecule has 1 aromatic carbocycles. The first-order valence-corrected chi connectivity index (χ1v) is 5.89. The Labute approximate surface area is 114 Å². The Morgan fingerprint density at radius 2 is 1.80 bits per heavy atom. The first kappa shape index (κ1) is 15.9. The highest BCUT2D eigenvalue weighted by atomic mass is 19.3. The van der Waals surface area contributed by atoms with Crippen molar-refractivity contribution in [3.8, 4) is 5.75 Å². The van der Waals surface area contributed by atoms with Gasteiger partial charge in [-0.3, -0.25) is 9.59 Å². The predicted molar refractivity (Wildman–Crippen MR) is 66.9 cm³/mol. The Morgan fingerprint density at radius 3 is 2.20 bits per heavy atom. The van der Waals surface area contributed by atoms with E-state index in [1.54, 1.807) is 13.8 Å². The molecule has 0 atom stereocenters. The van der Waals surface area contributed by atoms with Crippen LogP contribution in [0.3, 0.4) is 0 Å². The van der Waals surface area contributed by atoms with Crippen LogP contribution in [0.1, 0.15) is 24.2 Å². The van der Waals surface area contributed by atoms with Gasteiger partial charge in [-0.2, -0.15) is 8.78 Å². The van der Waals surface area contributed by atoms with Crippen LogP contribution in [0.5, 0.6) is 5.75 Å². The number of ether oxygens (including phenoxy) is 1. The van der Waals surface area contributed by atoms with E-state index in [-0.39, 0.29) is 17.4 Å². The Morgan fingerprint density at radius 1 is 1.25 bits per heavy atom. The molecule has 0 fully saturated rings. The zero-order valence-electron chi connectivity index (χ0n) is 11.0. The molecule has 1 amide bonds. The van der Waals surface area contributed by atoms with Crippen LogP contribution in [0, 0.1) is 0 Å². The second-order valence-corrected chi connectivity index (χ2v) is 4.32. The van der Waals surface area contributed by atoms with Gasteiger partial charge in [0, 0.05) is 11.6 Å². The number of hydrogen-bond acceptors (Lipinski definition) is 3. The van der Waals surface area contributed by atoms with E-state index in [9.17, 15) is 18.4 Å². The predicted octanol–water partition coefficient (Wildman–Crippen LogP) is 2.22. The van der Waals surface area contributed by atoms with Gasteiger partial charge in [-0.25, -0.2) is 0 Å². The summed E-state index contributed by atoms with van der Waals surface area (Å²) in [7, 11) is 0. The summed E-state index contributed by atoms with van der Waals surface area (Å²) in [5, 5.41) is 8.77. The topological polar surface area (TPSA) is 66.8 Å². The molecule has 0 saturated carbocycles. The third-order valence-corrected chi connectivity index (χ3v) is 2.52. The lowest BCUT2D eigenvalue weighted by molar-refractivity contribution is -0.138. The maximum Gasteiger partial charge on any atom is 0.387 e. The van der Waals surface area contributed by atoms with Crippen LogP contribution in [-0.4, -0.2) is 41.1 Å². The van der Waals surface area contributed by atoms with Gasteiger partial charge in [-0.15, -0.1) is 0 Å². The molecule has 0 unspecified atom stereocenters. The number of aliphatic carboxylic acids is 1. The van der Waals surface area contributed by atoms with Gasteiger partial charge in [-0.05, 0) is 38.1 Å². The van der Waals surface area contributed by atoms with Gasteiger partial charge in [-0.1, -0.05) is 0 Å². The van der Waals surface area contributed by atoms with E-state index in [0.717, 1.165) is 0 Å². The van der Waals surface area contributed by atoms with Crippen molar-refractivity contribution in [1.29, 1.82) is 0 Å². The average molecular weight is 287 g/mol. The molecule has 1 rings (SSSR count).